The van der Waals surface area contributed by atoms with Crippen molar-refractivity contribution in [1.29, 1.82) is 0 Å². The Morgan fingerprint density at radius 2 is 2.25 bits per heavy atom. The fraction of sp³-hybridized carbons (Fsp3) is 0.400. The molecule has 0 saturated carbocycles. The minimum Gasteiger partial charge on any atom is -0.361 e. The summed E-state index contributed by atoms with van der Waals surface area (Å²) in [5, 5.41) is 3.35. The minimum atomic E-state index is 0.391. The summed E-state index contributed by atoms with van der Waals surface area (Å²) in [5.74, 6) is 0. The molecule has 1 fully saturated rings. The first-order chi connectivity index (χ1) is 5.95. The van der Waals surface area contributed by atoms with E-state index in [-0.39, 0.29) is 0 Å². The van der Waals surface area contributed by atoms with Gasteiger partial charge >= 0.3 is 0 Å². The number of hydrogen-bond acceptors (Lipinski definition) is 2. The summed E-state index contributed by atoms with van der Waals surface area (Å²) in [6.45, 7) is 0.712. The lowest BCUT2D eigenvalue weighted by Crippen LogP contribution is -2.16. The van der Waals surface area contributed by atoms with Crippen LogP contribution in [-0.2, 0) is 11.2 Å². The number of ether oxygens (including phenoxy) is 1. The summed E-state index contributed by atoms with van der Waals surface area (Å²) in [6, 6.07) is 9.04. The molecule has 0 bridgehead atoms. The normalized spacial score (nSPS) is 31.7. The Kier molecular flexibility index (Phi) is 1.28. The Bertz CT molecular complexity index is 310. The van der Waals surface area contributed by atoms with Crippen LogP contribution in [0.25, 0.3) is 0 Å². The van der Waals surface area contributed by atoms with Gasteiger partial charge in [0.05, 0.1) is 18.9 Å². The standard InChI is InChI=1S/C10H11NO/c1-2-4-8-7(3-1)5-9-10(8)11-6-12-9/h1-4,9-11H,5-6H2/t9-,10+/m1/s1. The smallest absolute Gasteiger partial charge is 0.0975 e. The molecule has 2 heteroatoms. The third-order valence-electron chi connectivity index (χ3n) is 2.78. The molecule has 0 spiro atoms. The van der Waals surface area contributed by atoms with Crippen LogP contribution in [0.5, 0.6) is 0 Å². The van der Waals surface area contributed by atoms with Crippen molar-refractivity contribution in [2.75, 3.05) is 6.73 Å². The Morgan fingerprint density at radius 1 is 1.33 bits per heavy atom. The number of hydrogen-bond donors (Lipinski definition) is 1. The van der Waals surface area contributed by atoms with E-state index in [1.165, 1.54) is 11.1 Å². The Labute approximate surface area is 71.5 Å². The highest BCUT2D eigenvalue weighted by Crippen LogP contribution is 2.35. The summed E-state index contributed by atoms with van der Waals surface area (Å²) in [4.78, 5) is 0. The zero-order chi connectivity index (χ0) is 7.97. The predicted molar refractivity (Wildman–Crippen MR) is 45.8 cm³/mol. The third-order valence-corrected chi connectivity index (χ3v) is 2.78. The molecule has 1 aromatic carbocycles. The van der Waals surface area contributed by atoms with Gasteiger partial charge in [0.1, 0.15) is 0 Å². The van der Waals surface area contributed by atoms with E-state index in [4.69, 9.17) is 4.74 Å². The average molecular weight is 161 g/mol. The van der Waals surface area contributed by atoms with Crippen LogP contribution in [0.3, 0.4) is 0 Å². The van der Waals surface area contributed by atoms with Gasteiger partial charge in [0.2, 0.25) is 0 Å². The molecule has 0 unspecified atom stereocenters. The number of nitrogens with one attached hydrogen (secondary N) is 1. The van der Waals surface area contributed by atoms with Crippen molar-refractivity contribution in [2.24, 2.45) is 0 Å². The van der Waals surface area contributed by atoms with Crippen LogP contribution in [0.15, 0.2) is 24.3 Å². The molecule has 2 nitrogen and oxygen atoms in total. The summed E-state index contributed by atoms with van der Waals surface area (Å²) in [6.07, 6.45) is 1.47. The largest absolute Gasteiger partial charge is 0.361 e. The van der Waals surface area contributed by atoms with Gasteiger partial charge in [0.15, 0.2) is 0 Å². The van der Waals surface area contributed by atoms with E-state index in [0.29, 0.717) is 18.9 Å². The topological polar surface area (TPSA) is 21.3 Å². The Morgan fingerprint density at radius 3 is 3.25 bits per heavy atom. The van der Waals surface area contributed by atoms with Crippen molar-refractivity contribution in [1.82, 2.24) is 5.32 Å². The number of fused-ring (bicyclic) bond motifs is 3. The molecule has 1 heterocycles. The summed E-state index contributed by atoms with van der Waals surface area (Å²) < 4.78 is 5.55. The van der Waals surface area contributed by atoms with E-state index in [1.807, 2.05) is 0 Å². The van der Waals surface area contributed by atoms with Gasteiger partial charge in [-0.3, -0.25) is 5.32 Å². The lowest BCUT2D eigenvalue weighted by atomic mass is 10.1. The SMILES string of the molecule is c1ccc2c(c1)C[C@H]1OCN[C@@H]21. The molecule has 1 aliphatic carbocycles. The molecule has 3 rings (SSSR count). The van der Waals surface area contributed by atoms with E-state index >= 15 is 0 Å². The first kappa shape index (κ1) is 6.63. The number of benzene rings is 1. The van der Waals surface area contributed by atoms with Gasteiger partial charge in [-0.05, 0) is 11.1 Å². The quantitative estimate of drug-likeness (QED) is 0.618. The molecule has 12 heavy (non-hydrogen) atoms. The van der Waals surface area contributed by atoms with Crippen molar-refractivity contribution in [2.45, 2.75) is 18.6 Å². The minimum absolute atomic E-state index is 0.391. The van der Waals surface area contributed by atoms with Crippen LogP contribution in [-0.4, -0.2) is 12.8 Å². The summed E-state index contributed by atoms with van der Waals surface area (Å²) >= 11 is 0. The van der Waals surface area contributed by atoms with Crippen LogP contribution in [0.2, 0.25) is 0 Å². The molecule has 0 amide bonds. The molecule has 1 aromatic rings. The predicted octanol–water partition coefficient (Wildman–Crippen LogP) is 1.23. The van der Waals surface area contributed by atoms with E-state index in [1.54, 1.807) is 0 Å². The Balaban J connectivity index is 2.09. The fourth-order valence-corrected chi connectivity index (χ4v) is 2.20. The van der Waals surface area contributed by atoms with Gasteiger partial charge in [-0.25, -0.2) is 0 Å². The molecule has 2 aliphatic rings. The second-order valence-electron chi connectivity index (χ2n) is 3.43. The van der Waals surface area contributed by atoms with Crippen LogP contribution in [0.4, 0.5) is 0 Å². The summed E-state index contributed by atoms with van der Waals surface area (Å²) in [5.41, 5.74) is 2.87. The second kappa shape index (κ2) is 2.31. The van der Waals surface area contributed by atoms with Crippen molar-refractivity contribution < 1.29 is 4.74 Å². The lowest BCUT2D eigenvalue weighted by Gasteiger charge is -2.06. The fourth-order valence-electron chi connectivity index (χ4n) is 2.20. The molecule has 0 aromatic heterocycles. The van der Waals surface area contributed by atoms with E-state index < -0.39 is 0 Å². The molecule has 0 radical (unpaired) electrons. The maximum atomic E-state index is 5.55. The van der Waals surface area contributed by atoms with Gasteiger partial charge in [0.25, 0.3) is 0 Å². The molecule has 62 valence electrons. The summed E-state index contributed by atoms with van der Waals surface area (Å²) in [7, 11) is 0. The van der Waals surface area contributed by atoms with Gasteiger partial charge in [-0.1, -0.05) is 24.3 Å². The third kappa shape index (κ3) is 0.765. The Hall–Kier alpha value is -0.860. The van der Waals surface area contributed by atoms with E-state index in [0.717, 1.165) is 6.42 Å². The molecule has 1 N–H and O–H groups in total. The number of rotatable bonds is 0. The highest BCUT2D eigenvalue weighted by molar-refractivity contribution is 5.37. The first-order valence-corrected chi connectivity index (χ1v) is 4.38. The van der Waals surface area contributed by atoms with Gasteiger partial charge < -0.3 is 4.74 Å². The lowest BCUT2D eigenvalue weighted by molar-refractivity contribution is 0.109. The highest BCUT2D eigenvalue weighted by Gasteiger charge is 2.36. The van der Waals surface area contributed by atoms with Crippen molar-refractivity contribution >= 4 is 0 Å². The second-order valence-corrected chi connectivity index (χ2v) is 3.43. The average Bonchev–Trinajstić information content (AvgIpc) is 2.62. The van der Waals surface area contributed by atoms with Gasteiger partial charge in [0, 0.05) is 6.42 Å². The molecular weight excluding hydrogens is 150 g/mol. The maximum absolute atomic E-state index is 5.55. The first-order valence-electron chi connectivity index (χ1n) is 4.38. The van der Waals surface area contributed by atoms with Crippen LogP contribution < -0.4 is 5.32 Å². The van der Waals surface area contributed by atoms with Crippen LogP contribution >= 0.6 is 0 Å². The molecule has 2 atom stereocenters. The van der Waals surface area contributed by atoms with E-state index in [9.17, 15) is 0 Å². The van der Waals surface area contributed by atoms with Crippen molar-refractivity contribution in [3.63, 3.8) is 0 Å². The molecular formula is C10H11NO. The highest BCUT2D eigenvalue weighted by atomic mass is 16.5. The van der Waals surface area contributed by atoms with Gasteiger partial charge in [-0.2, -0.15) is 0 Å². The monoisotopic (exact) mass is 161 g/mol. The van der Waals surface area contributed by atoms with Crippen LogP contribution in [0.1, 0.15) is 17.2 Å². The zero-order valence-electron chi connectivity index (χ0n) is 6.79. The molecule has 1 aliphatic heterocycles. The van der Waals surface area contributed by atoms with E-state index in [2.05, 4.69) is 29.6 Å². The zero-order valence-corrected chi connectivity index (χ0v) is 6.79. The van der Waals surface area contributed by atoms with Gasteiger partial charge in [-0.15, -0.1) is 0 Å². The molecule has 1 saturated heterocycles. The maximum Gasteiger partial charge on any atom is 0.0975 e. The van der Waals surface area contributed by atoms with Crippen LogP contribution in [0, 0.1) is 0 Å². The van der Waals surface area contributed by atoms with Crippen molar-refractivity contribution in [3.8, 4) is 0 Å². The van der Waals surface area contributed by atoms with Crippen molar-refractivity contribution in [3.05, 3.63) is 35.4 Å².